The summed E-state index contributed by atoms with van der Waals surface area (Å²) in [5, 5.41) is 9.24. The van der Waals surface area contributed by atoms with E-state index in [4.69, 9.17) is 5.73 Å². The molecule has 9 heteroatoms. The van der Waals surface area contributed by atoms with Crippen molar-refractivity contribution in [2.45, 2.75) is 19.4 Å². The first-order chi connectivity index (χ1) is 13.0. The SMILES string of the molecule is Cc1cc(C(=O)N[C@@H](Cc2ccccc2)C(=O)C(N)=O)nn1-c1nccs1. The molecule has 3 N–H and O–H groups in total. The zero-order valence-electron chi connectivity index (χ0n) is 14.5. The highest BCUT2D eigenvalue weighted by molar-refractivity contribution is 7.12. The van der Waals surface area contributed by atoms with Crippen molar-refractivity contribution in [1.82, 2.24) is 20.1 Å². The molecule has 0 spiro atoms. The monoisotopic (exact) mass is 383 g/mol. The largest absolute Gasteiger partial charge is 0.363 e. The summed E-state index contributed by atoms with van der Waals surface area (Å²) in [6.07, 6.45) is 1.79. The van der Waals surface area contributed by atoms with Crippen molar-refractivity contribution in [3.8, 4) is 5.13 Å². The Labute approximate surface area is 159 Å². The van der Waals surface area contributed by atoms with Crippen molar-refractivity contribution >= 4 is 28.9 Å². The number of carbonyl (C=O) groups is 3. The van der Waals surface area contributed by atoms with Crippen LogP contribution in [0.1, 0.15) is 21.7 Å². The van der Waals surface area contributed by atoms with Crippen molar-refractivity contribution < 1.29 is 14.4 Å². The van der Waals surface area contributed by atoms with Crippen LogP contribution in [0.4, 0.5) is 0 Å². The minimum atomic E-state index is -1.10. The third-order valence-corrected chi connectivity index (χ3v) is 4.61. The minimum Gasteiger partial charge on any atom is -0.363 e. The van der Waals surface area contributed by atoms with Crippen LogP contribution in [0.25, 0.3) is 5.13 Å². The molecule has 1 atom stereocenters. The van der Waals surface area contributed by atoms with Crippen LogP contribution in [0.15, 0.2) is 48.0 Å². The summed E-state index contributed by atoms with van der Waals surface area (Å²) in [6.45, 7) is 1.79. The number of aromatic nitrogens is 3. The van der Waals surface area contributed by atoms with Crippen LogP contribution in [0, 0.1) is 6.92 Å². The predicted molar refractivity (Wildman–Crippen MR) is 99.6 cm³/mol. The normalized spacial score (nSPS) is 11.7. The van der Waals surface area contributed by atoms with Crippen molar-refractivity contribution in [3.63, 3.8) is 0 Å². The molecular weight excluding hydrogens is 366 g/mol. The topological polar surface area (TPSA) is 120 Å². The predicted octanol–water partition coefficient (Wildman–Crippen LogP) is 1.03. The van der Waals surface area contributed by atoms with E-state index in [1.165, 1.54) is 11.3 Å². The maximum Gasteiger partial charge on any atom is 0.287 e. The molecular formula is C18H17N5O3S. The third kappa shape index (κ3) is 4.26. The zero-order valence-corrected chi connectivity index (χ0v) is 15.3. The van der Waals surface area contributed by atoms with E-state index < -0.39 is 23.6 Å². The number of nitrogens with zero attached hydrogens (tertiary/aromatic N) is 3. The quantitative estimate of drug-likeness (QED) is 0.591. The summed E-state index contributed by atoms with van der Waals surface area (Å²) in [7, 11) is 0. The number of rotatable bonds is 7. The number of benzene rings is 1. The Hall–Kier alpha value is -3.33. The number of Topliss-reactive ketones (excluding diaryl/α,β-unsaturated/α-hetero) is 1. The van der Waals surface area contributed by atoms with Crippen molar-refractivity contribution in [2.75, 3.05) is 0 Å². The summed E-state index contributed by atoms with van der Waals surface area (Å²) < 4.78 is 1.54. The fourth-order valence-corrected chi connectivity index (χ4v) is 3.21. The lowest BCUT2D eigenvalue weighted by atomic mass is 10.0. The van der Waals surface area contributed by atoms with Crippen molar-refractivity contribution in [1.29, 1.82) is 0 Å². The highest BCUT2D eigenvalue weighted by Gasteiger charge is 2.27. The maximum absolute atomic E-state index is 12.6. The number of hydrogen-bond donors (Lipinski definition) is 2. The molecule has 0 aliphatic rings. The first-order valence-corrected chi connectivity index (χ1v) is 8.98. The lowest BCUT2D eigenvalue weighted by Gasteiger charge is -2.15. The molecule has 2 amide bonds. The van der Waals surface area contributed by atoms with Gasteiger partial charge in [0, 0.05) is 23.7 Å². The van der Waals surface area contributed by atoms with Crippen LogP contribution in [-0.4, -0.2) is 38.4 Å². The number of hydrogen-bond acceptors (Lipinski definition) is 6. The summed E-state index contributed by atoms with van der Waals surface area (Å²) in [5.74, 6) is -2.52. The summed E-state index contributed by atoms with van der Waals surface area (Å²) >= 11 is 1.38. The first kappa shape index (κ1) is 18.5. The molecule has 1 aromatic carbocycles. The summed E-state index contributed by atoms with van der Waals surface area (Å²) in [4.78, 5) is 40.3. The van der Waals surface area contributed by atoms with E-state index in [9.17, 15) is 14.4 Å². The van der Waals surface area contributed by atoms with Crippen LogP contribution < -0.4 is 11.1 Å². The van der Waals surface area contributed by atoms with Crippen molar-refractivity contribution in [2.24, 2.45) is 5.73 Å². The maximum atomic E-state index is 12.6. The van der Waals surface area contributed by atoms with E-state index in [-0.39, 0.29) is 12.1 Å². The van der Waals surface area contributed by atoms with E-state index in [0.717, 1.165) is 11.3 Å². The van der Waals surface area contributed by atoms with Gasteiger partial charge in [-0.05, 0) is 18.6 Å². The van der Waals surface area contributed by atoms with E-state index in [1.807, 2.05) is 18.2 Å². The van der Waals surface area contributed by atoms with E-state index in [0.29, 0.717) is 5.13 Å². The van der Waals surface area contributed by atoms with Gasteiger partial charge < -0.3 is 11.1 Å². The Kier molecular flexibility index (Phi) is 5.41. The average molecular weight is 383 g/mol. The molecule has 2 aromatic heterocycles. The van der Waals surface area contributed by atoms with Gasteiger partial charge in [0.2, 0.25) is 10.9 Å². The van der Waals surface area contributed by atoms with Gasteiger partial charge in [0.05, 0.1) is 0 Å². The Morgan fingerprint density at radius 2 is 2.00 bits per heavy atom. The molecule has 0 aliphatic carbocycles. The van der Waals surface area contributed by atoms with Crippen LogP contribution in [-0.2, 0) is 16.0 Å². The van der Waals surface area contributed by atoms with Gasteiger partial charge in [0.15, 0.2) is 5.69 Å². The van der Waals surface area contributed by atoms with Crippen LogP contribution in [0.3, 0.4) is 0 Å². The summed E-state index contributed by atoms with van der Waals surface area (Å²) in [6, 6.07) is 9.57. The molecule has 3 rings (SSSR count). The Balaban J connectivity index is 1.81. The molecule has 8 nitrogen and oxygen atoms in total. The Morgan fingerprint density at radius 3 is 2.63 bits per heavy atom. The second kappa shape index (κ2) is 7.92. The highest BCUT2D eigenvalue weighted by atomic mass is 32.1. The first-order valence-electron chi connectivity index (χ1n) is 8.10. The third-order valence-electron chi connectivity index (χ3n) is 3.87. The number of ketones is 1. The second-order valence-corrected chi connectivity index (χ2v) is 6.71. The van der Waals surface area contributed by atoms with Crippen LogP contribution >= 0.6 is 11.3 Å². The zero-order chi connectivity index (χ0) is 19.4. The molecule has 0 aliphatic heterocycles. The second-order valence-electron chi connectivity index (χ2n) is 5.84. The number of thiazole rings is 1. The average Bonchev–Trinajstić information content (AvgIpc) is 3.30. The molecule has 0 unspecified atom stereocenters. The number of amides is 2. The number of carbonyl (C=O) groups excluding carboxylic acids is 3. The molecule has 0 saturated carbocycles. The van der Waals surface area contributed by atoms with Crippen LogP contribution in [0.2, 0.25) is 0 Å². The van der Waals surface area contributed by atoms with E-state index >= 15 is 0 Å². The minimum absolute atomic E-state index is 0.123. The smallest absolute Gasteiger partial charge is 0.287 e. The molecule has 3 aromatic rings. The summed E-state index contributed by atoms with van der Waals surface area (Å²) in [5.41, 5.74) is 6.77. The number of primary amides is 1. The van der Waals surface area contributed by atoms with E-state index in [1.54, 1.807) is 41.4 Å². The molecule has 2 heterocycles. The standard InChI is InChI=1S/C18H17N5O3S/c1-11-9-14(22-23(11)18-20-7-8-27-18)17(26)21-13(15(24)16(19)25)10-12-5-3-2-4-6-12/h2-9,13H,10H2,1H3,(H2,19,25)(H,21,26)/t13-/m0/s1. The fourth-order valence-electron chi connectivity index (χ4n) is 2.56. The van der Waals surface area contributed by atoms with Gasteiger partial charge in [-0.1, -0.05) is 30.3 Å². The molecule has 0 radical (unpaired) electrons. The number of aryl methyl sites for hydroxylation is 1. The fraction of sp³-hybridized carbons (Fsp3) is 0.167. The van der Waals surface area contributed by atoms with Crippen LogP contribution in [0.5, 0.6) is 0 Å². The van der Waals surface area contributed by atoms with Gasteiger partial charge in [-0.25, -0.2) is 9.67 Å². The van der Waals surface area contributed by atoms with Gasteiger partial charge in [0.25, 0.3) is 11.8 Å². The van der Waals surface area contributed by atoms with Gasteiger partial charge in [-0.2, -0.15) is 5.10 Å². The lowest BCUT2D eigenvalue weighted by Crippen LogP contribution is -2.47. The highest BCUT2D eigenvalue weighted by Crippen LogP contribution is 2.14. The number of nitrogens with two attached hydrogens (primary N) is 1. The van der Waals surface area contributed by atoms with Gasteiger partial charge in [-0.15, -0.1) is 11.3 Å². The Morgan fingerprint density at radius 1 is 1.26 bits per heavy atom. The van der Waals surface area contributed by atoms with Gasteiger partial charge >= 0.3 is 0 Å². The van der Waals surface area contributed by atoms with Gasteiger partial charge in [0.1, 0.15) is 6.04 Å². The Bertz CT molecular complexity index is 966. The van der Waals surface area contributed by atoms with Crippen molar-refractivity contribution in [3.05, 3.63) is 64.9 Å². The lowest BCUT2D eigenvalue weighted by molar-refractivity contribution is -0.137. The molecule has 0 saturated heterocycles. The molecule has 0 fully saturated rings. The number of nitrogens with one attached hydrogen (secondary N) is 1. The van der Waals surface area contributed by atoms with Gasteiger partial charge in [-0.3, -0.25) is 14.4 Å². The molecule has 27 heavy (non-hydrogen) atoms. The van der Waals surface area contributed by atoms with E-state index in [2.05, 4.69) is 15.4 Å². The molecule has 138 valence electrons. The molecule has 0 bridgehead atoms.